The quantitative estimate of drug-likeness (QED) is 0.708. The van der Waals surface area contributed by atoms with E-state index in [1.165, 1.54) is 0 Å². The van der Waals surface area contributed by atoms with Crippen molar-refractivity contribution in [2.24, 2.45) is 34.5 Å². The van der Waals surface area contributed by atoms with Crippen LogP contribution in [0.15, 0.2) is 23.8 Å². The Hall–Kier alpha value is -0.970. The van der Waals surface area contributed by atoms with Crippen LogP contribution in [0.3, 0.4) is 0 Å². The highest BCUT2D eigenvalue weighted by molar-refractivity contribution is 6.26. The molecule has 0 amide bonds. The molecule has 0 bridgehead atoms. The minimum absolute atomic E-state index is 0.0144. The van der Waals surface area contributed by atoms with Crippen LogP contribution in [0.4, 0.5) is 0 Å². The highest BCUT2D eigenvalue weighted by atomic mass is 35.5. The summed E-state index contributed by atoms with van der Waals surface area (Å²) < 4.78 is 0. The normalized spacial score (nSPS) is 51.3. The third-order valence-electron chi connectivity index (χ3n) is 8.48. The van der Waals surface area contributed by atoms with Gasteiger partial charge in [-0.2, -0.15) is 0 Å². The second-order valence-corrected chi connectivity index (χ2v) is 10.3. The molecule has 5 heteroatoms. The number of alkyl halides is 1. The summed E-state index contributed by atoms with van der Waals surface area (Å²) in [7, 11) is 0. The topological polar surface area (TPSA) is 74.6 Å². The Morgan fingerprint density at radius 1 is 1.33 bits per heavy atom. The van der Waals surface area contributed by atoms with Gasteiger partial charge in [0.25, 0.3) is 0 Å². The zero-order valence-corrected chi connectivity index (χ0v) is 17.0. The zero-order valence-electron chi connectivity index (χ0n) is 16.2. The van der Waals surface area contributed by atoms with Crippen molar-refractivity contribution in [3.63, 3.8) is 0 Å². The number of ketones is 2. The highest BCUT2D eigenvalue weighted by Crippen LogP contribution is 2.70. The van der Waals surface area contributed by atoms with E-state index in [0.717, 1.165) is 24.8 Å². The molecule has 8 atom stereocenters. The molecule has 0 aromatic heterocycles. The summed E-state index contributed by atoms with van der Waals surface area (Å²) in [5, 5.41) is 20.9. The molecule has 27 heavy (non-hydrogen) atoms. The molecule has 0 spiro atoms. The third-order valence-corrected chi connectivity index (χ3v) is 9.41. The fourth-order valence-electron chi connectivity index (χ4n) is 7.36. The number of halogens is 1. The molecular weight excluding hydrogens is 364 g/mol. The van der Waals surface area contributed by atoms with Gasteiger partial charge in [0.15, 0.2) is 11.6 Å². The van der Waals surface area contributed by atoms with Crippen LogP contribution in [0.25, 0.3) is 0 Å². The number of fused-ring (bicyclic) bond motifs is 5. The van der Waals surface area contributed by atoms with Crippen molar-refractivity contribution in [2.45, 2.75) is 57.4 Å². The largest absolute Gasteiger partial charge is 0.391 e. The van der Waals surface area contributed by atoms with E-state index in [1.807, 2.05) is 13.0 Å². The number of hydrogen-bond acceptors (Lipinski definition) is 4. The zero-order chi connectivity index (χ0) is 19.8. The van der Waals surface area contributed by atoms with E-state index in [4.69, 9.17) is 11.6 Å². The van der Waals surface area contributed by atoms with Crippen molar-refractivity contribution in [3.8, 4) is 0 Å². The molecule has 4 rings (SSSR count). The number of carbonyl (C=O) groups excluding carboxylic acids is 2. The number of allylic oxidation sites excluding steroid dienone is 4. The Bertz CT molecular complexity index is 757. The van der Waals surface area contributed by atoms with Gasteiger partial charge in [-0.1, -0.05) is 32.4 Å². The molecule has 148 valence electrons. The third kappa shape index (κ3) is 2.30. The van der Waals surface area contributed by atoms with E-state index >= 15 is 0 Å². The first-order valence-electron chi connectivity index (χ1n) is 10.0. The molecule has 2 N–H and O–H groups in total. The summed E-state index contributed by atoms with van der Waals surface area (Å²) in [6.45, 7) is 5.78. The van der Waals surface area contributed by atoms with Crippen LogP contribution in [0.2, 0.25) is 0 Å². The van der Waals surface area contributed by atoms with Gasteiger partial charge >= 0.3 is 0 Å². The molecule has 0 radical (unpaired) electrons. The minimum atomic E-state index is -0.880. The average molecular weight is 393 g/mol. The van der Waals surface area contributed by atoms with E-state index in [2.05, 4.69) is 13.8 Å². The summed E-state index contributed by atoms with van der Waals surface area (Å²) in [5.74, 6) is 0.0767. The Morgan fingerprint density at radius 2 is 2.04 bits per heavy atom. The van der Waals surface area contributed by atoms with Crippen LogP contribution < -0.4 is 0 Å². The van der Waals surface area contributed by atoms with Crippen molar-refractivity contribution in [2.75, 3.05) is 6.61 Å². The number of hydrogen-bond donors (Lipinski definition) is 2. The number of carbonyl (C=O) groups is 2. The van der Waals surface area contributed by atoms with Gasteiger partial charge < -0.3 is 10.2 Å². The standard InChI is InChI=1S/C22H29ClO4/c1-12-8-16-15-5-4-13-9-14(25)6-7-21(13,3)22(15,23)18(27)10-20(16,2)19(12)17(26)11-24/h6-7,9,12,15-16,18-19,24,27H,4-5,8,10-11H2,1-3H3. The van der Waals surface area contributed by atoms with E-state index in [0.29, 0.717) is 6.42 Å². The molecule has 0 heterocycles. The van der Waals surface area contributed by atoms with Gasteiger partial charge in [0.2, 0.25) is 0 Å². The molecule has 8 unspecified atom stereocenters. The molecular formula is C22H29ClO4. The maximum Gasteiger partial charge on any atom is 0.178 e. The maximum atomic E-state index is 12.5. The van der Waals surface area contributed by atoms with Gasteiger partial charge in [-0.25, -0.2) is 0 Å². The van der Waals surface area contributed by atoms with Crippen LogP contribution in [0.5, 0.6) is 0 Å². The van der Waals surface area contributed by atoms with Crippen LogP contribution in [0, 0.1) is 34.5 Å². The summed E-state index contributed by atoms with van der Waals surface area (Å²) in [4.78, 5) is 23.6. The van der Waals surface area contributed by atoms with Crippen LogP contribution >= 0.6 is 11.6 Å². The van der Waals surface area contributed by atoms with Gasteiger partial charge in [-0.05, 0) is 61.0 Å². The minimum Gasteiger partial charge on any atom is -0.391 e. The smallest absolute Gasteiger partial charge is 0.178 e. The lowest BCUT2D eigenvalue weighted by atomic mass is 9.46. The lowest BCUT2D eigenvalue weighted by Gasteiger charge is -2.63. The second kappa shape index (κ2) is 6.01. The van der Waals surface area contributed by atoms with Crippen molar-refractivity contribution in [3.05, 3.63) is 23.8 Å². The van der Waals surface area contributed by atoms with Crippen molar-refractivity contribution >= 4 is 23.2 Å². The first kappa shape index (κ1) is 19.4. The lowest BCUT2D eigenvalue weighted by Crippen LogP contribution is -2.66. The molecule has 0 aromatic carbocycles. The van der Waals surface area contributed by atoms with Crippen LogP contribution in [-0.4, -0.2) is 39.4 Å². The molecule has 4 aliphatic carbocycles. The van der Waals surface area contributed by atoms with E-state index in [-0.39, 0.29) is 40.7 Å². The van der Waals surface area contributed by atoms with Gasteiger partial charge in [-0.15, -0.1) is 11.6 Å². The van der Waals surface area contributed by atoms with Gasteiger partial charge in [0, 0.05) is 11.3 Å². The lowest BCUT2D eigenvalue weighted by molar-refractivity contribution is -0.138. The predicted octanol–water partition coefficient (Wildman–Crippen LogP) is 3.05. The maximum absolute atomic E-state index is 12.5. The molecule has 4 nitrogen and oxygen atoms in total. The molecule has 3 saturated carbocycles. The molecule has 4 aliphatic rings. The Kier molecular flexibility index (Phi) is 4.31. The van der Waals surface area contributed by atoms with E-state index in [9.17, 15) is 19.8 Å². The summed E-state index contributed by atoms with van der Waals surface area (Å²) in [6, 6.07) is 0. The SMILES string of the molecule is CC1CC2C3CCC4=CC(=O)C=CC4(C)C3(Cl)C(O)CC2(C)C1C(=O)CO. The Labute approximate surface area is 165 Å². The van der Waals surface area contributed by atoms with Gasteiger partial charge in [0.1, 0.15) is 6.61 Å². The first-order chi connectivity index (χ1) is 12.6. The molecule has 0 aliphatic heterocycles. The fraction of sp³-hybridized carbons (Fsp3) is 0.727. The number of aliphatic hydroxyl groups excluding tert-OH is 2. The Balaban J connectivity index is 1.80. The van der Waals surface area contributed by atoms with Crippen LogP contribution in [-0.2, 0) is 9.59 Å². The first-order valence-corrected chi connectivity index (χ1v) is 10.4. The van der Waals surface area contributed by atoms with Crippen molar-refractivity contribution in [1.29, 1.82) is 0 Å². The van der Waals surface area contributed by atoms with E-state index in [1.54, 1.807) is 12.2 Å². The predicted molar refractivity (Wildman–Crippen MR) is 103 cm³/mol. The number of Topliss-reactive ketones (excluding diaryl/α,β-unsaturated/α-hetero) is 1. The highest BCUT2D eigenvalue weighted by Gasteiger charge is 2.70. The second-order valence-electron chi connectivity index (χ2n) is 9.67. The fourth-order valence-corrected chi connectivity index (χ4v) is 7.88. The Morgan fingerprint density at radius 3 is 2.70 bits per heavy atom. The van der Waals surface area contributed by atoms with E-state index < -0.39 is 23.0 Å². The summed E-state index contributed by atoms with van der Waals surface area (Å²) >= 11 is 7.34. The van der Waals surface area contributed by atoms with Crippen molar-refractivity contribution in [1.82, 2.24) is 0 Å². The summed E-state index contributed by atoms with van der Waals surface area (Å²) in [5.41, 5.74) is 0.0972. The molecule has 3 fully saturated rings. The average Bonchev–Trinajstić information content (AvgIpc) is 2.86. The van der Waals surface area contributed by atoms with Gasteiger partial charge in [0.05, 0.1) is 11.0 Å². The monoisotopic (exact) mass is 392 g/mol. The number of rotatable bonds is 2. The van der Waals surface area contributed by atoms with Crippen LogP contribution in [0.1, 0.15) is 46.5 Å². The molecule has 0 saturated heterocycles. The molecule has 0 aromatic rings. The van der Waals surface area contributed by atoms with Crippen molar-refractivity contribution < 1.29 is 19.8 Å². The number of aliphatic hydroxyl groups is 2. The summed E-state index contributed by atoms with van der Waals surface area (Å²) in [6.07, 6.45) is 7.32. The van der Waals surface area contributed by atoms with Gasteiger partial charge in [-0.3, -0.25) is 9.59 Å².